The fraction of sp³-hybridized carbons (Fsp3) is 0. The van der Waals surface area contributed by atoms with Crippen LogP contribution in [0.2, 0.25) is 0 Å². The maximum Gasteiger partial charge on any atom is 0.136 e. The van der Waals surface area contributed by atoms with Crippen molar-refractivity contribution in [3.8, 4) is 27.9 Å². The summed E-state index contributed by atoms with van der Waals surface area (Å²) in [7, 11) is 0. The van der Waals surface area contributed by atoms with Crippen LogP contribution in [0, 0.1) is 0 Å². The van der Waals surface area contributed by atoms with Gasteiger partial charge in [-0.3, -0.25) is 0 Å². The summed E-state index contributed by atoms with van der Waals surface area (Å²) in [5, 5.41) is 7.31. The minimum Gasteiger partial charge on any atom is -0.456 e. The van der Waals surface area contributed by atoms with Gasteiger partial charge in [0.1, 0.15) is 11.2 Å². The van der Waals surface area contributed by atoms with Crippen LogP contribution >= 0.6 is 0 Å². The quantitative estimate of drug-likeness (QED) is 0.220. The number of aromatic nitrogens is 1. The summed E-state index contributed by atoms with van der Waals surface area (Å²) < 4.78 is 8.61. The van der Waals surface area contributed by atoms with E-state index in [4.69, 9.17) is 4.42 Å². The van der Waals surface area contributed by atoms with Crippen LogP contribution in [0.25, 0.3) is 82.5 Å². The first kappa shape index (κ1) is 23.1. The third-order valence-electron chi connectivity index (χ3n) is 8.58. The molecule has 0 saturated carbocycles. The predicted octanol–water partition coefficient (Wildman–Crippen LogP) is 11.2. The summed E-state index contributed by atoms with van der Waals surface area (Å²) in [6.45, 7) is 0. The van der Waals surface area contributed by atoms with Gasteiger partial charge in [-0.2, -0.15) is 0 Å². The van der Waals surface area contributed by atoms with Crippen LogP contribution in [-0.2, 0) is 0 Å². The molecule has 0 spiro atoms. The van der Waals surface area contributed by atoms with Crippen molar-refractivity contribution in [2.45, 2.75) is 0 Å². The third-order valence-corrected chi connectivity index (χ3v) is 8.58. The molecular weight excluding hydrogens is 510 g/mol. The van der Waals surface area contributed by atoms with Crippen LogP contribution in [0.15, 0.2) is 156 Å². The van der Waals surface area contributed by atoms with Gasteiger partial charge in [0, 0.05) is 27.2 Å². The lowest BCUT2D eigenvalue weighted by molar-refractivity contribution is 0.669. The van der Waals surface area contributed by atoms with Crippen molar-refractivity contribution in [2.24, 2.45) is 0 Å². The second kappa shape index (κ2) is 8.95. The molecule has 2 heteroatoms. The van der Waals surface area contributed by atoms with Gasteiger partial charge in [-0.25, -0.2) is 0 Å². The molecule has 0 saturated heterocycles. The standard InChI is InChI=1S/C40H25NO/c1-2-12-31(13-3-1)41-36-16-7-6-15-33(36)34-24-29(17-20-37(34)41)27-10-8-11-28(23-27)30-19-21-38-35(25-30)40-32-14-5-4-9-26(32)18-22-39(40)42-38/h1-25H. The maximum atomic E-state index is 6.25. The highest BCUT2D eigenvalue weighted by Gasteiger charge is 2.14. The molecule has 2 aromatic heterocycles. The molecule has 0 bridgehead atoms. The molecule has 0 aliphatic carbocycles. The summed E-state index contributed by atoms with van der Waals surface area (Å²) in [6, 6.07) is 54.3. The number of hydrogen-bond acceptors (Lipinski definition) is 1. The number of rotatable bonds is 3. The first-order valence-corrected chi connectivity index (χ1v) is 14.4. The Labute approximate surface area is 242 Å². The topological polar surface area (TPSA) is 18.1 Å². The number of benzene rings is 7. The molecule has 0 radical (unpaired) electrons. The Morgan fingerprint density at radius 1 is 0.381 bits per heavy atom. The van der Waals surface area contributed by atoms with Gasteiger partial charge in [0.2, 0.25) is 0 Å². The lowest BCUT2D eigenvalue weighted by Crippen LogP contribution is -1.92. The van der Waals surface area contributed by atoms with Gasteiger partial charge in [-0.1, -0.05) is 97.1 Å². The highest BCUT2D eigenvalue weighted by Crippen LogP contribution is 2.38. The summed E-state index contributed by atoms with van der Waals surface area (Å²) in [5.41, 5.74) is 10.2. The number of fused-ring (bicyclic) bond motifs is 8. The lowest BCUT2D eigenvalue weighted by atomic mass is 9.96. The SMILES string of the molecule is c1ccc(-n2c3ccccc3c3cc(-c4cccc(-c5ccc6oc7ccc8ccccc8c7c6c5)c4)ccc32)cc1. The third kappa shape index (κ3) is 3.45. The average molecular weight is 536 g/mol. The van der Waals surface area contributed by atoms with Crippen LogP contribution in [-0.4, -0.2) is 4.57 Å². The van der Waals surface area contributed by atoms with E-state index in [1.54, 1.807) is 0 Å². The molecule has 0 N–H and O–H groups in total. The van der Waals surface area contributed by atoms with E-state index < -0.39 is 0 Å². The van der Waals surface area contributed by atoms with Crippen molar-refractivity contribution < 1.29 is 4.42 Å². The fourth-order valence-electron chi connectivity index (χ4n) is 6.61. The van der Waals surface area contributed by atoms with Crippen molar-refractivity contribution in [3.05, 3.63) is 152 Å². The summed E-state index contributed by atoms with van der Waals surface area (Å²) in [6.07, 6.45) is 0. The van der Waals surface area contributed by atoms with Gasteiger partial charge in [-0.15, -0.1) is 0 Å². The maximum absolute atomic E-state index is 6.25. The zero-order chi connectivity index (χ0) is 27.6. The smallest absolute Gasteiger partial charge is 0.136 e. The van der Waals surface area contributed by atoms with Gasteiger partial charge >= 0.3 is 0 Å². The average Bonchev–Trinajstić information content (AvgIpc) is 3.60. The van der Waals surface area contributed by atoms with Gasteiger partial charge in [0.05, 0.1) is 11.0 Å². The zero-order valence-electron chi connectivity index (χ0n) is 22.8. The molecule has 0 amide bonds. The predicted molar refractivity (Wildman–Crippen MR) is 176 cm³/mol. The van der Waals surface area contributed by atoms with Crippen molar-refractivity contribution >= 4 is 54.5 Å². The van der Waals surface area contributed by atoms with Crippen LogP contribution in [0.1, 0.15) is 0 Å². The molecule has 2 heterocycles. The molecule has 0 aliphatic heterocycles. The first-order valence-electron chi connectivity index (χ1n) is 14.4. The summed E-state index contributed by atoms with van der Waals surface area (Å²) in [4.78, 5) is 0. The Balaban J connectivity index is 1.19. The molecule has 9 rings (SSSR count). The summed E-state index contributed by atoms with van der Waals surface area (Å²) >= 11 is 0. The Morgan fingerprint density at radius 2 is 1.02 bits per heavy atom. The largest absolute Gasteiger partial charge is 0.456 e. The second-order valence-electron chi connectivity index (χ2n) is 11.0. The van der Waals surface area contributed by atoms with E-state index in [0.29, 0.717) is 0 Å². The van der Waals surface area contributed by atoms with Gasteiger partial charge < -0.3 is 8.98 Å². The molecular formula is C40H25NO. The van der Waals surface area contributed by atoms with Crippen LogP contribution in [0.5, 0.6) is 0 Å². The highest BCUT2D eigenvalue weighted by molar-refractivity contribution is 6.19. The first-order chi connectivity index (χ1) is 20.8. The number of hydrogen-bond donors (Lipinski definition) is 0. The highest BCUT2D eigenvalue weighted by atomic mass is 16.3. The van der Waals surface area contributed by atoms with Crippen molar-refractivity contribution in [3.63, 3.8) is 0 Å². The molecule has 0 fully saturated rings. The molecule has 196 valence electrons. The summed E-state index contributed by atoms with van der Waals surface area (Å²) in [5.74, 6) is 0. The van der Waals surface area contributed by atoms with Crippen LogP contribution in [0.4, 0.5) is 0 Å². The molecule has 42 heavy (non-hydrogen) atoms. The number of para-hydroxylation sites is 2. The Morgan fingerprint density at radius 3 is 1.88 bits per heavy atom. The lowest BCUT2D eigenvalue weighted by Gasteiger charge is -2.09. The van der Waals surface area contributed by atoms with E-state index in [-0.39, 0.29) is 0 Å². The van der Waals surface area contributed by atoms with E-state index >= 15 is 0 Å². The number of nitrogens with zero attached hydrogens (tertiary/aromatic N) is 1. The van der Waals surface area contributed by atoms with E-state index in [1.165, 1.54) is 65.9 Å². The second-order valence-corrected chi connectivity index (χ2v) is 11.0. The molecule has 7 aromatic carbocycles. The minimum atomic E-state index is 0.918. The molecule has 0 aliphatic rings. The fourth-order valence-corrected chi connectivity index (χ4v) is 6.61. The van der Waals surface area contributed by atoms with Crippen molar-refractivity contribution in [1.29, 1.82) is 0 Å². The van der Waals surface area contributed by atoms with Crippen molar-refractivity contribution in [1.82, 2.24) is 4.57 Å². The minimum absolute atomic E-state index is 0.918. The number of furan rings is 1. The van der Waals surface area contributed by atoms with E-state index in [2.05, 4.69) is 156 Å². The van der Waals surface area contributed by atoms with Crippen molar-refractivity contribution in [2.75, 3.05) is 0 Å². The Kier molecular flexibility index (Phi) is 4.93. The van der Waals surface area contributed by atoms with Crippen LogP contribution < -0.4 is 0 Å². The van der Waals surface area contributed by atoms with Gasteiger partial charge in [0.15, 0.2) is 0 Å². The molecule has 0 atom stereocenters. The van der Waals surface area contributed by atoms with Crippen LogP contribution in [0.3, 0.4) is 0 Å². The Hall–Kier alpha value is -5.60. The van der Waals surface area contributed by atoms with Gasteiger partial charge in [0.25, 0.3) is 0 Å². The Bertz CT molecular complexity index is 2460. The zero-order valence-corrected chi connectivity index (χ0v) is 22.8. The van der Waals surface area contributed by atoms with E-state index in [1.807, 2.05) is 0 Å². The van der Waals surface area contributed by atoms with E-state index in [9.17, 15) is 0 Å². The molecule has 9 aromatic rings. The van der Waals surface area contributed by atoms with E-state index in [0.717, 1.165) is 16.6 Å². The monoisotopic (exact) mass is 535 g/mol. The molecule has 2 nitrogen and oxygen atoms in total. The normalized spacial score (nSPS) is 11.8. The molecule has 0 unspecified atom stereocenters. The van der Waals surface area contributed by atoms with Gasteiger partial charge in [-0.05, 0) is 87.6 Å².